The first kappa shape index (κ1) is 6.22. The maximum atomic E-state index is 10.6. The lowest BCUT2D eigenvalue weighted by Crippen LogP contribution is -2.33. The van der Waals surface area contributed by atoms with Gasteiger partial charge in [-0.25, -0.2) is 4.79 Å². The van der Waals surface area contributed by atoms with E-state index in [9.17, 15) is 9.59 Å². The van der Waals surface area contributed by atoms with Gasteiger partial charge in [-0.3, -0.25) is 4.79 Å². The van der Waals surface area contributed by atoms with Crippen LogP contribution in [0.15, 0.2) is 0 Å². The highest BCUT2D eigenvalue weighted by Gasteiger charge is 2.37. The molecule has 0 aromatic carbocycles. The van der Waals surface area contributed by atoms with Crippen molar-refractivity contribution in [2.45, 2.75) is 19.1 Å². The summed E-state index contributed by atoms with van der Waals surface area (Å²) in [4.78, 5) is 21.1. The van der Waals surface area contributed by atoms with Crippen LogP contribution in [0.3, 0.4) is 0 Å². The van der Waals surface area contributed by atoms with Crippen LogP contribution in [-0.4, -0.2) is 23.9 Å². The maximum Gasteiger partial charge on any atom is 0.331 e. The molecule has 0 bridgehead atoms. The second-order valence-electron chi connectivity index (χ2n) is 1.96. The lowest BCUT2D eigenvalue weighted by Gasteiger charge is -1.94. The second-order valence-corrected chi connectivity index (χ2v) is 1.96. The van der Waals surface area contributed by atoms with Gasteiger partial charge in [-0.15, -0.1) is 0 Å². The third-order valence-corrected chi connectivity index (χ3v) is 1.25. The quantitative estimate of drug-likeness (QED) is 0.330. The van der Waals surface area contributed by atoms with Gasteiger partial charge >= 0.3 is 5.97 Å². The second kappa shape index (κ2) is 1.80. The predicted octanol–water partition coefficient (Wildman–Crippen LogP) is -1.17. The van der Waals surface area contributed by atoms with Gasteiger partial charge in [0.15, 0.2) is 12.1 Å². The Balaban J connectivity index is 2.77. The highest BCUT2D eigenvalue weighted by atomic mass is 16.6. The molecule has 0 amide bonds. The average Bonchev–Trinajstić information content (AvgIpc) is 1.98. The first-order chi connectivity index (χ1) is 4.13. The minimum absolute atomic E-state index is 0.333. The van der Waals surface area contributed by atoms with E-state index >= 15 is 0 Å². The number of carbonyl (C=O) groups is 2. The van der Waals surface area contributed by atoms with Crippen LogP contribution >= 0.6 is 0 Å². The molecule has 0 saturated carbocycles. The Morgan fingerprint density at radius 1 is 1.56 bits per heavy atom. The maximum absolute atomic E-state index is 10.6. The number of nitrogens with two attached hydrogens (primary N) is 1. The zero-order valence-electron chi connectivity index (χ0n) is 4.96. The number of ether oxygens (including phenoxy) is 1. The third kappa shape index (κ3) is 0.810. The summed E-state index contributed by atoms with van der Waals surface area (Å²) in [6.07, 6.45) is -0.646. The number of hydrogen-bond donors (Lipinski definition) is 1. The van der Waals surface area contributed by atoms with Gasteiger partial charge in [0, 0.05) is 0 Å². The van der Waals surface area contributed by atoms with E-state index in [-0.39, 0.29) is 5.78 Å². The minimum atomic E-state index is -1.04. The van der Waals surface area contributed by atoms with Crippen LogP contribution in [0.5, 0.6) is 0 Å². The number of cyclic esters (lactones) is 1. The van der Waals surface area contributed by atoms with Crippen LogP contribution in [-0.2, 0) is 14.3 Å². The largest absolute Gasteiger partial charge is 0.453 e. The van der Waals surface area contributed by atoms with Crippen molar-refractivity contribution in [2.75, 3.05) is 0 Å². The summed E-state index contributed by atoms with van der Waals surface area (Å²) in [7, 11) is 0. The van der Waals surface area contributed by atoms with Crippen molar-refractivity contribution in [2.24, 2.45) is 5.73 Å². The third-order valence-electron chi connectivity index (χ3n) is 1.25. The van der Waals surface area contributed by atoms with Crippen molar-refractivity contribution >= 4 is 11.8 Å². The first-order valence-corrected chi connectivity index (χ1v) is 2.62. The van der Waals surface area contributed by atoms with E-state index in [1.165, 1.54) is 6.92 Å². The Bertz CT molecular complexity index is 166. The molecule has 0 aliphatic carbocycles. The summed E-state index contributed by atoms with van der Waals surface area (Å²) in [6, 6.07) is -1.04. The molecule has 2 unspecified atom stereocenters. The Labute approximate surface area is 52.0 Å². The number of esters is 1. The van der Waals surface area contributed by atoms with Crippen LogP contribution in [0.25, 0.3) is 0 Å². The summed E-state index contributed by atoms with van der Waals surface area (Å²) in [5.74, 6) is -0.951. The van der Waals surface area contributed by atoms with E-state index in [0.29, 0.717) is 0 Å². The van der Waals surface area contributed by atoms with Crippen molar-refractivity contribution in [3.05, 3.63) is 0 Å². The van der Waals surface area contributed by atoms with Gasteiger partial charge in [-0.05, 0) is 6.92 Å². The van der Waals surface area contributed by atoms with E-state index in [1.807, 2.05) is 0 Å². The van der Waals surface area contributed by atoms with Crippen LogP contribution in [0.1, 0.15) is 6.92 Å². The van der Waals surface area contributed by atoms with E-state index in [4.69, 9.17) is 5.73 Å². The number of rotatable bonds is 0. The van der Waals surface area contributed by atoms with Crippen molar-refractivity contribution in [3.63, 3.8) is 0 Å². The lowest BCUT2D eigenvalue weighted by atomic mass is 10.2. The highest BCUT2D eigenvalue weighted by Crippen LogP contribution is 2.07. The fourth-order valence-electron chi connectivity index (χ4n) is 0.675. The molecular weight excluding hydrogens is 122 g/mol. The van der Waals surface area contributed by atoms with Crippen LogP contribution in [0.4, 0.5) is 0 Å². The van der Waals surface area contributed by atoms with Gasteiger partial charge in [0.05, 0.1) is 0 Å². The molecule has 1 aliphatic heterocycles. The molecule has 2 N–H and O–H groups in total. The first-order valence-electron chi connectivity index (χ1n) is 2.62. The molecule has 0 radical (unpaired) electrons. The van der Waals surface area contributed by atoms with Crippen LogP contribution in [0.2, 0.25) is 0 Å². The Hall–Kier alpha value is -0.900. The normalized spacial score (nSPS) is 34.9. The molecular formula is C5H7NO3. The molecule has 4 nitrogen and oxygen atoms in total. The van der Waals surface area contributed by atoms with Crippen molar-refractivity contribution in [3.8, 4) is 0 Å². The van der Waals surface area contributed by atoms with Gasteiger partial charge in [0.2, 0.25) is 5.78 Å². The molecule has 1 heterocycles. The molecule has 1 fully saturated rings. The zero-order chi connectivity index (χ0) is 7.02. The molecule has 2 atom stereocenters. The fourth-order valence-corrected chi connectivity index (χ4v) is 0.675. The van der Waals surface area contributed by atoms with E-state index < -0.39 is 18.1 Å². The summed E-state index contributed by atoms with van der Waals surface area (Å²) in [5, 5.41) is 0. The van der Waals surface area contributed by atoms with E-state index in [0.717, 1.165) is 0 Å². The summed E-state index contributed by atoms with van der Waals surface area (Å²) in [5.41, 5.74) is 5.09. The molecule has 1 aliphatic rings. The zero-order valence-corrected chi connectivity index (χ0v) is 4.96. The summed E-state index contributed by atoms with van der Waals surface area (Å²) < 4.78 is 4.47. The molecule has 0 aromatic heterocycles. The van der Waals surface area contributed by atoms with Crippen molar-refractivity contribution in [1.29, 1.82) is 0 Å². The molecule has 9 heavy (non-hydrogen) atoms. The Kier molecular flexibility index (Phi) is 1.25. The predicted molar refractivity (Wildman–Crippen MR) is 28.5 cm³/mol. The van der Waals surface area contributed by atoms with Crippen molar-refractivity contribution < 1.29 is 14.3 Å². The van der Waals surface area contributed by atoms with Gasteiger partial charge in [0.1, 0.15) is 0 Å². The Morgan fingerprint density at radius 3 is 2.22 bits per heavy atom. The topological polar surface area (TPSA) is 69.4 Å². The molecule has 1 saturated heterocycles. The summed E-state index contributed by atoms with van der Waals surface area (Å²) in [6.45, 7) is 1.51. The molecule has 0 aromatic rings. The smallest absolute Gasteiger partial charge is 0.331 e. The summed E-state index contributed by atoms with van der Waals surface area (Å²) >= 11 is 0. The average molecular weight is 129 g/mol. The molecule has 50 valence electrons. The van der Waals surface area contributed by atoms with E-state index in [1.54, 1.807) is 0 Å². The highest BCUT2D eigenvalue weighted by molar-refractivity contribution is 6.09. The van der Waals surface area contributed by atoms with Crippen LogP contribution in [0, 0.1) is 0 Å². The molecule has 0 spiro atoms. The SMILES string of the molecule is CC1OC(=O)C(N)C1=O. The van der Waals surface area contributed by atoms with Crippen molar-refractivity contribution in [1.82, 2.24) is 0 Å². The van der Waals surface area contributed by atoms with Gasteiger partial charge in [0.25, 0.3) is 0 Å². The molecule has 4 heteroatoms. The number of ketones is 1. The number of Topliss-reactive ketones (excluding diaryl/α,β-unsaturated/α-hetero) is 1. The van der Waals surface area contributed by atoms with Gasteiger partial charge < -0.3 is 10.5 Å². The fraction of sp³-hybridized carbons (Fsp3) is 0.600. The minimum Gasteiger partial charge on any atom is -0.453 e. The number of carbonyl (C=O) groups excluding carboxylic acids is 2. The number of hydrogen-bond acceptors (Lipinski definition) is 4. The molecule has 1 rings (SSSR count). The van der Waals surface area contributed by atoms with Gasteiger partial charge in [-0.2, -0.15) is 0 Å². The standard InChI is InChI=1S/C5H7NO3/c1-2-4(7)3(6)5(8)9-2/h2-3H,6H2,1H3. The Morgan fingerprint density at radius 2 is 2.11 bits per heavy atom. The van der Waals surface area contributed by atoms with Crippen LogP contribution < -0.4 is 5.73 Å². The van der Waals surface area contributed by atoms with Gasteiger partial charge in [-0.1, -0.05) is 0 Å². The monoisotopic (exact) mass is 129 g/mol. The lowest BCUT2D eigenvalue weighted by molar-refractivity contribution is -0.142. The van der Waals surface area contributed by atoms with E-state index in [2.05, 4.69) is 4.74 Å².